The van der Waals surface area contributed by atoms with E-state index in [1.54, 1.807) is 6.92 Å². The summed E-state index contributed by atoms with van der Waals surface area (Å²) in [5, 5.41) is 6.91. The smallest absolute Gasteiger partial charge is 0.280 e. The van der Waals surface area contributed by atoms with Crippen LogP contribution in [0.1, 0.15) is 115 Å². The van der Waals surface area contributed by atoms with Crippen molar-refractivity contribution in [2.45, 2.75) is 97.3 Å². The van der Waals surface area contributed by atoms with Crippen LogP contribution in [-0.2, 0) is 25.7 Å². The fourth-order valence-electron chi connectivity index (χ4n) is 7.69. The van der Waals surface area contributed by atoms with Crippen LogP contribution in [0.15, 0.2) is 63.5 Å². The summed E-state index contributed by atoms with van der Waals surface area (Å²) in [7, 11) is 0. The van der Waals surface area contributed by atoms with Gasteiger partial charge in [0.15, 0.2) is 56.9 Å². The lowest BCUT2D eigenvalue weighted by Gasteiger charge is -2.23. The number of benzene rings is 3. The number of nitrogens with zero attached hydrogens (tertiary/aromatic N) is 7. The van der Waals surface area contributed by atoms with E-state index in [2.05, 4.69) is 82.8 Å². The molecule has 0 atom stereocenters. The minimum Gasteiger partial charge on any atom is -0.493 e. The van der Waals surface area contributed by atoms with Crippen LogP contribution in [0.2, 0.25) is 10.3 Å². The second-order valence-electron chi connectivity index (χ2n) is 16.7. The number of anilines is 4. The molecular formula is C49H66Cl2N16O4. The normalized spacial score (nSPS) is 12.7. The molecule has 3 aromatic carbocycles. The van der Waals surface area contributed by atoms with Gasteiger partial charge in [-0.25, -0.2) is 19.9 Å². The van der Waals surface area contributed by atoms with Crippen LogP contribution in [0.3, 0.4) is 0 Å². The first-order valence-corrected chi connectivity index (χ1v) is 24.5. The zero-order valence-electron chi connectivity index (χ0n) is 40.4. The number of nitrogens with two attached hydrogens (primary N) is 7. The molecule has 2 amide bonds. The average Bonchev–Trinajstić information content (AvgIpc) is 3.34. The van der Waals surface area contributed by atoms with E-state index in [1.807, 2.05) is 18.2 Å². The van der Waals surface area contributed by atoms with E-state index in [9.17, 15) is 9.59 Å². The first-order chi connectivity index (χ1) is 34.2. The molecule has 380 valence electrons. The number of aromatic nitrogens is 4. The highest BCUT2D eigenvalue weighted by Crippen LogP contribution is 2.34. The van der Waals surface area contributed by atoms with E-state index in [0.717, 1.165) is 99.5 Å². The van der Waals surface area contributed by atoms with E-state index < -0.39 is 11.8 Å². The number of aliphatic imine (C=N–C) groups is 3. The molecule has 6 rings (SSSR count). The first kappa shape index (κ1) is 54.7. The van der Waals surface area contributed by atoms with E-state index in [1.165, 1.54) is 35.1 Å². The van der Waals surface area contributed by atoms with Gasteiger partial charge in [-0.15, -0.1) is 0 Å². The second-order valence-corrected chi connectivity index (χ2v) is 17.4. The second kappa shape index (κ2) is 27.9. The summed E-state index contributed by atoms with van der Waals surface area (Å²) >= 11 is 11.6. The van der Waals surface area contributed by atoms with Crippen LogP contribution in [0.5, 0.6) is 11.5 Å². The summed E-state index contributed by atoms with van der Waals surface area (Å²) in [4.78, 5) is 52.5. The van der Waals surface area contributed by atoms with Crippen molar-refractivity contribution in [3.8, 4) is 11.5 Å². The van der Waals surface area contributed by atoms with E-state index >= 15 is 0 Å². The number of guanidine groups is 2. The van der Waals surface area contributed by atoms with Gasteiger partial charge in [-0.1, -0.05) is 72.9 Å². The van der Waals surface area contributed by atoms with Crippen molar-refractivity contribution in [3.05, 3.63) is 92.5 Å². The highest BCUT2D eigenvalue weighted by atomic mass is 35.5. The van der Waals surface area contributed by atoms with Crippen molar-refractivity contribution >= 4 is 86.8 Å². The maximum absolute atomic E-state index is 12.3. The van der Waals surface area contributed by atoms with Gasteiger partial charge < -0.3 is 49.6 Å². The highest BCUT2D eigenvalue weighted by Gasteiger charge is 2.20. The Morgan fingerprint density at radius 2 is 1.08 bits per heavy atom. The molecule has 2 aromatic heterocycles. The third kappa shape index (κ3) is 16.7. The highest BCUT2D eigenvalue weighted by molar-refractivity contribution is 6.32. The van der Waals surface area contributed by atoms with Gasteiger partial charge in [0, 0.05) is 31.4 Å². The summed E-state index contributed by atoms with van der Waals surface area (Å²) in [6, 6.07) is 16.7. The molecule has 71 heavy (non-hydrogen) atoms. The Bertz CT molecular complexity index is 2710. The van der Waals surface area contributed by atoms with Gasteiger partial charge in [0.05, 0.1) is 19.0 Å². The molecule has 1 aliphatic carbocycles. The fourth-order valence-corrected chi connectivity index (χ4v) is 7.94. The number of amides is 2. The molecule has 0 aliphatic heterocycles. The summed E-state index contributed by atoms with van der Waals surface area (Å²) in [5.41, 5.74) is 44.8. The van der Waals surface area contributed by atoms with E-state index in [-0.39, 0.29) is 56.9 Å². The topological polar surface area (TPSA) is 347 Å². The number of fused-ring (bicyclic) bond motifs is 2. The van der Waals surface area contributed by atoms with Crippen molar-refractivity contribution < 1.29 is 19.1 Å². The van der Waals surface area contributed by atoms with Gasteiger partial charge in [0.1, 0.15) is 11.5 Å². The molecule has 16 N–H and O–H groups in total. The largest absolute Gasteiger partial charge is 0.493 e. The third-order valence-electron chi connectivity index (χ3n) is 11.2. The molecule has 0 bridgehead atoms. The maximum atomic E-state index is 12.3. The minimum atomic E-state index is -0.663. The Morgan fingerprint density at radius 3 is 1.66 bits per heavy atom. The Hall–Kier alpha value is -7.19. The summed E-state index contributed by atoms with van der Waals surface area (Å²) in [5.74, 6) is 0.767. The third-order valence-corrected chi connectivity index (χ3v) is 11.8. The number of aryl methyl sites for hydroxylation is 2. The Morgan fingerprint density at radius 1 is 0.592 bits per heavy atom. The lowest BCUT2D eigenvalue weighted by Crippen LogP contribution is -2.38. The number of hydrogen-bond acceptors (Lipinski definition) is 15. The maximum Gasteiger partial charge on any atom is 0.280 e. The molecule has 0 fully saturated rings. The summed E-state index contributed by atoms with van der Waals surface area (Å²) in [6.07, 6.45) is 13.0. The predicted octanol–water partition coefficient (Wildman–Crippen LogP) is 6.08. The number of hydrogen-bond donors (Lipinski definition) is 9. The fraction of sp³-hybridized carbons (Fsp3) is 0.408. The van der Waals surface area contributed by atoms with Crippen molar-refractivity contribution in [2.75, 3.05) is 55.8 Å². The van der Waals surface area contributed by atoms with Crippen LogP contribution in [0, 0.1) is 0 Å². The van der Waals surface area contributed by atoms with Gasteiger partial charge in [0.25, 0.3) is 11.8 Å². The monoisotopic (exact) mass is 1010 g/mol. The number of halogens is 2. The molecule has 0 unspecified atom stereocenters. The number of nitrogen functional groups attached to an aromatic ring is 4. The molecule has 22 heteroatoms. The minimum absolute atomic E-state index is 0.00916. The molecule has 2 heterocycles. The number of amidine groups is 1. The van der Waals surface area contributed by atoms with Crippen LogP contribution >= 0.6 is 23.2 Å². The van der Waals surface area contributed by atoms with Crippen molar-refractivity contribution in [2.24, 2.45) is 32.2 Å². The summed E-state index contributed by atoms with van der Waals surface area (Å²) in [6.45, 7) is 6.89. The average molecular weight is 1010 g/mol. The number of rotatable bonds is 21. The van der Waals surface area contributed by atoms with E-state index in [4.69, 9.17) is 72.8 Å². The van der Waals surface area contributed by atoms with Crippen LogP contribution in [0.25, 0.3) is 10.8 Å². The standard InChI is InChI=1S/C25H32ClN9O2.C24H34ClN7O2/c1-15(27)31-13-6-14-37-19-11-10-16(17-8-2-3-9-18(17)19)7-4-5-12-32-25(30)35-24(36)20-22(28)34-23(29)21(26)33-20;1-2-3-14-34-18-12-11-15(16-9-4-5-10-17(16)18)8-6-7-13-29-24(28)32-23(33)19-21(26)31-22(27)20(25)30-19/h2-3,8-11H,4-7,12-14H2,1H3,(H2,27,31)(H4,28,29,34)(H3,30,32,35,36);11-12H,2-10,13-14H2,1H3,(H4,26,27,31)(H3,28,29,32,33). The van der Waals surface area contributed by atoms with Crippen molar-refractivity contribution in [1.82, 2.24) is 30.6 Å². The van der Waals surface area contributed by atoms with Gasteiger partial charge in [-0.3, -0.25) is 35.2 Å². The SMILES string of the molecule is CC(N)=NCCCOc1ccc(CCCCN=C(N)NC(=O)c2nc(Cl)c(N)nc2N)c2ccccc12.CCCCOc1ccc(CCCCN=C(N)NC(=O)c2nc(Cl)c(N)nc2N)c2c1CCCC2. The van der Waals surface area contributed by atoms with Crippen molar-refractivity contribution in [3.63, 3.8) is 0 Å². The van der Waals surface area contributed by atoms with Gasteiger partial charge in [0.2, 0.25) is 0 Å². The number of carbonyl (C=O) groups excluding carboxylic acids is 2. The molecular weight excluding hydrogens is 948 g/mol. The van der Waals surface area contributed by atoms with Crippen molar-refractivity contribution in [1.29, 1.82) is 0 Å². The first-order valence-electron chi connectivity index (χ1n) is 23.7. The van der Waals surface area contributed by atoms with Crippen LogP contribution < -0.4 is 60.2 Å². The Labute approximate surface area is 424 Å². The van der Waals surface area contributed by atoms with Crippen LogP contribution in [-0.4, -0.2) is 82.4 Å². The number of unbranched alkanes of at least 4 members (excludes halogenated alkanes) is 3. The lowest BCUT2D eigenvalue weighted by molar-refractivity contribution is 0.0964. The van der Waals surface area contributed by atoms with Gasteiger partial charge in [-0.05, 0) is 117 Å². The molecule has 20 nitrogen and oxygen atoms in total. The molecule has 0 radical (unpaired) electrons. The lowest BCUT2D eigenvalue weighted by atomic mass is 9.86. The van der Waals surface area contributed by atoms with Crippen LogP contribution in [0.4, 0.5) is 23.3 Å². The number of nitrogens with one attached hydrogen (secondary N) is 2. The van der Waals surface area contributed by atoms with Gasteiger partial charge in [-0.2, -0.15) is 0 Å². The van der Waals surface area contributed by atoms with Gasteiger partial charge >= 0.3 is 0 Å². The molecule has 1 aliphatic rings. The zero-order chi connectivity index (χ0) is 51.3. The summed E-state index contributed by atoms with van der Waals surface area (Å²) < 4.78 is 12.1. The number of ether oxygens (including phenoxy) is 2. The van der Waals surface area contributed by atoms with E-state index in [0.29, 0.717) is 32.1 Å². The number of carbonyl (C=O) groups is 2. The molecule has 0 saturated carbocycles. The quantitative estimate of drug-likeness (QED) is 0.0228. The zero-order valence-corrected chi connectivity index (χ0v) is 41.9. The Kier molecular flexibility index (Phi) is 21.5. The molecule has 0 saturated heterocycles. The predicted molar refractivity (Wildman–Crippen MR) is 285 cm³/mol. The molecule has 0 spiro atoms. The Balaban J connectivity index is 0.000000265. The molecule has 5 aromatic rings.